The van der Waals surface area contributed by atoms with Crippen molar-refractivity contribution in [1.29, 1.82) is 5.26 Å². The number of H-pyrrole nitrogens is 1. The molecule has 1 saturated heterocycles. The lowest BCUT2D eigenvalue weighted by Crippen LogP contribution is -2.48. The predicted octanol–water partition coefficient (Wildman–Crippen LogP) is 4.74. The summed E-state index contributed by atoms with van der Waals surface area (Å²) in [7, 11) is 2.01. The van der Waals surface area contributed by atoms with Crippen molar-refractivity contribution in [1.82, 2.24) is 20.4 Å². The summed E-state index contributed by atoms with van der Waals surface area (Å²) in [4.78, 5) is 23.5. The number of likely N-dealkylation sites (tertiary alicyclic amines) is 1. The normalized spacial score (nSPS) is 20.0. The van der Waals surface area contributed by atoms with Gasteiger partial charge in [0.05, 0.1) is 23.3 Å². The zero-order valence-electron chi connectivity index (χ0n) is 22.6. The van der Waals surface area contributed by atoms with Crippen molar-refractivity contribution < 1.29 is 18.7 Å². The highest BCUT2D eigenvalue weighted by Gasteiger charge is 2.47. The molecule has 1 unspecified atom stereocenters. The van der Waals surface area contributed by atoms with Crippen LogP contribution in [-0.2, 0) is 14.3 Å². The third-order valence-corrected chi connectivity index (χ3v) is 6.83. The molecule has 2 N–H and O–H groups in total. The molecule has 2 fully saturated rings. The van der Waals surface area contributed by atoms with Crippen LogP contribution in [0, 0.1) is 30.0 Å². The molecule has 0 radical (unpaired) electrons. The summed E-state index contributed by atoms with van der Waals surface area (Å²) in [5.74, 6) is 0.347. The van der Waals surface area contributed by atoms with E-state index in [1.165, 1.54) is 18.9 Å². The summed E-state index contributed by atoms with van der Waals surface area (Å²) < 4.78 is 18.1. The van der Waals surface area contributed by atoms with E-state index in [1.807, 2.05) is 64.2 Å². The third kappa shape index (κ3) is 7.17. The van der Waals surface area contributed by atoms with E-state index in [-0.39, 0.29) is 29.9 Å². The number of nitrogens with one attached hydrogen (secondary N) is 2. The van der Waals surface area contributed by atoms with Gasteiger partial charge in [0.25, 0.3) is 6.47 Å². The van der Waals surface area contributed by atoms with Gasteiger partial charge in [-0.1, -0.05) is 30.3 Å². The van der Waals surface area contributed by atoms with Gasteiger partial charge in [-0.25, -0.2) is 4.39 Å². The third-order valence-electron chi connectivity index (χ3n) is 6.83. The number of carbonyl (C=O) groups excluding carboxylic acids is 2. The summed E-state index contributed by atoms with van der Waals surface area (Å²) in [5.41, 5.74) is 2.88. The molecule has 2 aromatic carbocycles. The summed E-state index contributed by atoms with van der Waals surface area (Å²) in [5, 5.41) is 19.2. The number of amides is 1. The molecule has 202 valence electrons. The van der Waals surface area contributed by atoms with Gasteiger partial charge in [0.15, 0.2) is 0 Å². The van der Waals surface area contributed by atoms with E-state index in [1.54, 1.807) is 13.0 Å². The smallest absolute Gasteiger partial charge is 0.293 e. The average molecular weight is 522 g/mol. The van der Waals surface area contributed by atoms with Crippen molar-refractivity contribution >= 4 is 23.3 Å². The molecule has 2 heterocycles. The van der Waals surface area contributed by atoms with Crippen LogP contribution in [-0.4, -0.2) is 58.8 Å². The van der Waals surface area contributed by atoms with E-state index in [0.29, 0.717) is 24.0 Å². The molecule has 9 heteroatoms. The molecular weight excluding hydrogens is 485 g/mol. The molecule has 3 aromatic rings. The number of para-hydroxylation sites is 1. The Labute approximate surface area is 223 Å². The number of carbonyl (C=O) groups is 2. The lowest BCUT2D eigenvalue weighted by molar-refractivity contribution is -0.138. The van der Waals surface area contributed by atoms with E-state index < -0.39 is 0 Å². The number of rotatable bonds is 4. The van der Waals surface area contributed by atoms with Gasteiger partial charge in [-0.05, 0) is 77.6 Å². The van der Waals surface area contributed by atoms with Crippen LogP contribution in [0.3, 0.4) is 0 Å². The number of aryl methyl sites for hydroxylation is 1. The SMILES string of the molecule is CC(C)(C)OC=O.CN1[C@@H]2CCC(C2)[C@H]1C(=O)NCC#N.Cc1ccc(-c2n[nH]c3ccccc23)cc1F. The standard InChI is InChI=1S/C14H11FN2.C10H15N3O.C5H10O2/c1-9-6-7-10(8-12(9)15)14-11-4-2-3-5-13(11)16-17-14;1-13-8-3-2-7(6-8)9(13)10(14)12-5-4-11;1-5(2,3)7-4-6/h2-8H,1H3,(H,16,17);7-9H,2-3,5-6H2,1H3,(H,12,14);4H,1-3H3/t;7?,8-,9+;/m.1./s1. The van der Waals surface area contributed by atoms with Gasteiger partial charge in [-0.2, -0.15) is 10.4 Å². The number of piperidine rings is 1. The molecular formula is C29H36FN5O3. The van der Waals surface area contributed by atoms with E-state index in [9.17, 15) is 14.0 Å². The first-order valence-electron chi connectivity index (χ1n) is 12.7. The van der Waals surface area contributed by atoms with Crippen LogP contribution in [0.15, 0.2) is 42.5 Å². The minimum Gasteiger partial charge on any atom is -0.462 e. The highest BCUT2D eigenvalue weighted by Crippen LogP contribution is 2.41. The van der Waals surface area contributed by atoms with Gasteiger partial charge in [-0.3, -0.25) is 19.6 Å². The lowest BCUT2D eigenvalue weighted by Gasteiger charge is -2.30. The highest BCUT2D eigenvalue weighted by atomic mass is 19.1. The second kappa shape index (κ2) is 12.7. The number of aromatic amines is 1. The Morgan fingerprint density at radius 1 is 1.29 bits per heavy atom. The quantitative estimate of drug-likeness (QED) is 0.379. The number of halogens is 1. The van der Waals surface area contributed by atoms with Crippen molar-refractivity contribution in [3.63, 3.8) is 0 Å². The average Bonchev–Trinajstić information content (AvgIpc) is 3.59. The molecule has 1 aliphatic heterocycles. The second-order valence-corrected chi connectivity index (χ2v) is 10.6. The molecule has 1 saturated carbocycles. The zero-order valence-corrected chi connectivity index (χ0v) is 22.6. The van der Waals surface area contributed by atoms with Crippen molar-refractivity contribution in [2.75, 3.05) is 13.6 Å². The first kappa shape index (κ1) is 28.8. The largest absolute Gasteiger partial charge is 0.462 e. The molecule has 38 heavy (non-hydrogen) atoms. The van der Waals surface area contributed by atoms with Crippen molar-refractivity contribution in [2.45, 2.75) is 64.6 Å². The van der Waals surface area contributed by atoms with Gasteiger partial charge in [0.2, 0.25) is 5.91 Å². The Morgan fingerprint density at radius 3 is 2.61 bits per heavy atom. The molecule has 2 bridgehead atoms. The fraction of sp³-hybridized carbons (Fsp3) is 0.448. The first-order valence-corrected chi connectivity index (χ1v) is 12.7. The van der Waals surface area contributed by atoms with Gasteiger partial charge < -0.3 is 10.1 Å². The molecule has 1 aromatic heterocycles. The predicted molar refractivity (Wildman–Crippen MR) is 144 cm³/mol. The number of ether oxygens (including phenoxy) is 1. The lowest BCUT2D eigenvalue weighted by atomic mass is 9.98. The van der Waals surface area contributed by atoms with Crippen LogP contribution in [0.1, 0.15) is 45.6 Å². The Morgan fingerprint density at radius 2 is 2.03 bits per heavy atom. The number of hydrogen-bond acceptors (Lipinski definition) is 6. The molecule has 1 aliphatic carbocycles. The number of aromatic nitrogens is 2. The maximum Gasteiger partial charge on any atom is 0.293 e. The molecule has 8 nitrogen and oxygen atoms in total. The van der Waals surface area contributed by atoms with Crippen LogP contribution in [0.2, 0.25) is 0 Å². The second-order valence-electron chi connectivity index (χ2n) is 10.6. The Balaban J connectivity index is 0.000000172. The molecule has 3 atom stereocenters. The Bertz CT molecular complexity index is 1290. The van der Waals surface area contributed by atoms with Crippen LogP contribution < -0.4 is 5.32 Å². The number of likely N-dealkylation sites (N-methyl/N-ethyl adjacent to an activating group) is 1. The van der Waals surface area contributed by atoms with Crippen LogP contribution in [0.5, 0.6) is 0 Å². The number of benzene rings is 2. The van der Waals surface area contributed by atoms with Gasteiger partial charge >= 0.3 is 0 Å². The number of fused-ring (bicyclic) bond motifs is 3. The van der Waals surface area contributed by atoms with Gasteiger partial charge in [0, 0.05) is 17.0 Å². The summed E-state index contributed by atoms with van der Waals surface area (Å²) in [6.45, 7) is 7.80. The van der Waals surface area contributed by atoms with Gasteiger partial charge in [-0.15, -0.1) is 0 Å². The highest BCUT2D eigenvalue weighted by molar-refractivity contribution is 5.92. The zero-order chi connectivity index (χ0) is 27.9. The fourth-order valence-electron chi connectivity index (χ4n) is 4.91. The Kier molecular flexibility index (Phi) is 9.59. The molecule has 2 aliphatic rings. The maximum absolute atomic E-state index is 13.5. The van der Waals surface area contributed by atoms with E-state index in [2.05, 4.69) is 25.2 Å². The number of nitriles is 1. The Hall–Kier alpha value is -3.77. The van der Waals surface area contributed by atoms with E-state index in [0.717, 1.165) is 28.6 Å². The number of nitrogens with zero attached hydrogens (tertiary/aromatic N) is 3. The maximum atomic E-state index is 13.5. The summed E-state index contributed by atoms with van der Waals surface area (Å²) >= 11 is 0. The minimum absolute atomic E-state index is 0.0158. The molecule has 1 amide bonds. The van der Waals surface area contributed by atoms with Crippen molar-refractivity contribution in [3.05, 3.63) is 53.8 Å². The topological polar surface area (TPSA) is 111 Å². The minimum atomic E-state index is -0.318. The molecule has 0 spiro atoms. The van der Waals surface area contributed by atoms with Crippen LogP contribution in [0.4, 0.5) is 4.39 Å². The van der Waals surface area contributed by atoms with E-state index >= 15 is 0 Å². The van der Waals surface area contributed by atoms with Crippen molar-refractivity contribution in [2.24, 2.45) is 5.92 Å². The molecule has 5 rings (SSSR count). The van der Waals surface area contributed by atoms with Gasteiger partial charge in [0.1, 0.15) is 18.0 Å². The fourth-order valence-corrected chi connectivity index (χ4v) is 4.91. The van der Waals surface area contributed by atoms with Crippen LogP contribution >= 0.6 is 0 Å². The van der Waals surface area contributed by atoms with Crippen molar-refractivity contribution in [3.8, 4) is 17.3 Å². The van der Waals surface area contributed by atoms with Crippen LogP contribution in [0.25, 0.3) is 22.2 Å². The van der Waals surface area contributed by atoms with E-state index in [4.69, 9.17) is 5.26 Å². The first-order chi connectivity index (χ1) is 18.1. The number of hydrogen-bond donors (Lipinski definition) is 2. The monoisotopic (exact) mass is 521 g/mol. The summed E-state index contributed by atoms with van der Waals surface area (Å²) in [6.07, 6.45) is 3.55. The summed E-state index contributed by atoms with van der Waals surface area (Å²) in [6, 6.07) is 15.6.